The fraction of sp³-hybridized carbons (Fsp3) is 0.278. The second kappa shape index (κ2) is 8.02. The number of nitrogens with one attached hydrogen (secondary N) is 1. The van der Waals surface area contributed by atoms with Crippen molar-refractivity contribution in [3.8, 4) is 11.5 Å². The molecule has 1 amide bonds. The zero-order chi connectivity index (χ0) is 18.4. The van der Waals surface area contributed by atoms with Crippen LogP contribution in [0, 0.1) is 0 Å². The molecule has 0 aliphatic heterocycles. The van der Waals surface area contributed by atoms with Crippen LogP contribution in [0.5, 0.6) is 11.5 Å². The Labute approximate surface area is 148 Å². The molecule has 0 spiro atoms. The van der Waals surface area contributed by atoms with Crippen molar-refractivity contribution in [2.75, 3.05) is 17.1 Å². The summed E-state index contributed by atoms with van der Waals surface area (Å²) in [5.41, 5.74) is 0.404. The monoisotopic (exact) mass is 362 g/mol. The summed E-state index contributed by atoms with van der Waals surface area (Å²) in [6.07, 6.45) is 1.08. The number of hydrogen-bond donors (Lipinski definition) is 1. The summed E-state index contributed by atoms with van der Waals surface area (Å²) in [6.45, 7) is 3.77. The van der Waals surface area contributed by atoms with Gasteiger partial charge in [-0.25, -0.2) is 8.42 Å². The molecular formula is C18H22N2O4S. The molecule has 0 unspecified atom stereocenters. The number of likely N-dealkylation sites (N-methyl/N-ethyl adjacent to an activating group) is 1. The predicted octanol–water partition coefficient (Wildman–Crippen LogP) is 2.77. The molecule has 0 radical (unpaired) electrons. The molecule has 6 nitrogen and oxygen atoms in total. The SMILES string of the molecule is CCNC(=O)[C@H](C)N(c1ccc(Oc2ccccc2)cc1)S(C)(=O)=O. The minimum absolute atomic E-state index is 0.350. The first-order chi connectivity index (χ1) is 11.8. The number of rotatable bonds is 7. The lowest BCUT2D eigenvalue weighted by molar-refractivity contribution is -0.121. The van der Waals surface area contributed by atoms with Crippen molar-refractivity contribution in [3.05, 3.63) is 54.6 Å². The van der Waals surface area contributed by atoms with Gasteiger partial charge in [0.1, 0.15) is 17.5 Å². The van der Waals surface area contributed by atoms with Crippen LogP contribution in [0.15, 0.2) is 54.6 Å². The van der Waals surface area contributed by atoms with Crippen LogP contribution in [0.25, 0.3) is 0 Å². The number of amides is 1. The van der Waals surface area contributed by atoms with E-state index in [1.807, 2.05) is 30.3 Å². The van der Waals surface area contributed by atoms with Crippen LogP contribution in [0.3, 0.4) is 0 Å². The normalized spacial score (nSPS) is 12.3. The minimum Gasteiger partial charge on any atom is -0.457 e. The third-order valence-corrected chi connectivity index (χ3v) is 4.75. The van der Waals surface area contributed by atoms with Crippen molar-refractivity contribution in [1.82, 2.24) is 5.32 Å². The van der Waals surface area contributed by atoms with Crippen LogP contribution in [-0.2, 0) is 14.8 Å². The van der Waals surface area contributed by atoms with Gasteiger partial charge in [-0.2, -0.15) is 0 Å². The molecule has 134 valence electrons. The van der Waals surface area contributed by atoms with Gasteiger partial charge in [-0.05, 0) is 50.2 Å². The van der Waals surface area contributed by atoms with E-state index in [0.29, 0.717) is 23.7 Å². The largest absolute Gasteiger partial charge is 0.457 e. The van der Waals surface area contributed by atoms with Gasteiger partial charge in [-0.1, -0.05) is 18.2 Å². The summed E-state index contributed by atoms with van der Waals surface area (Å²) in [4.78, 5) is 12.1. The maximum Gasteiger partial charge on any atom is 0.243 e. The molecule has 1 N–H and O–H groups in total. The van der Waals surface area contributed by atoms with Crippen molar-refractivity contribution >= 4 is 21.6 Å². The highest BCUT2D eigenvalue weighted by Gasteiger charge is 2.28. The second-order valence-electron chi connectivity index (χ2n) is 5.54. The first-order valence-electron chi connectivity index (χ1n) is 7.93. The highest BCUT2D eigenvalue weighted by molar-refractivity contribution is 7.92. The van der Waals surface area contributed by atoms with Gasteiger partial charge in [0.15, 0.2) is 0 Å². The number of carbonyl (C=O) groups is 1. The zero-order valence-electron chi connectivity index (χ0n) is 14.5. The van der Waals surface area contributed by atoms with Gasteiger partial charge in [0.2, 0.25) is 15.9 Å². The molecule has 0 bridgehead atoms. The molecule has 2 aromatic carbocycles. The number of ether oxygens (including phenoxy) is 1. The maximum atomic E-state index is 12.2. The molecule has 0 heterocycles. The Kier molecular flexibility index (Phi) is 6.03. The Bertz CT molecular complexity index is 805. The Balaban J connectivity index is 2.25. The average Bonchev–Trinajstić information content (AvgIpc) is 2.56. The Hall–Kier alpha value is -2.54. The predicted molar refractivity (Wildman–Crippen MR) is 98.4 cm³/mol. The van der Waals surface area contributed by atoms with Crippen LogP contribution in [-0.4, -0.2) is 33.2 Å². The molecule has 0 aliphatic carbocycles. The number of para-hydroxylation sites is 1. The molecule has 0 fully saturated rings. The van der Waals surface area contributed by atoms with Gasteiger partial charge in [0, 0.05) is 6.54 Å². The minimum atomic E-state index is -3.62. The highest BCUT2D eigenvalue weighted by atomic mass is 32.2. The van der Waals surface area contributed by atoms with Crippen LogP contribution in [0.2, 0.25) is 0 Å². The summed E-state index contributed by atoms with van der Waals surface area (Å²) in [7, 11) is -3.62. The highest BCUT2D eigenvalue weighted by Crippen LogP contribution is 2.26. The Morgan fingerprint density at radius 2 is 1.64 bits per heavy atom. The first kappa shape index (κ1) is 18.8. The summed E-state index contributed by atoms with van der Waals surface area (Å²) in [5.74, 6) is 0.914. The topological polar surface area (TPSA) is 75.7 Å². The average molecular weight is 362 g/mol. The molecule has 0 saturated heterocycles. The summed E-state index contributed by atoms with van der Waals surface area (Å²) >= 11 is 0. The molecule has 1 atom stereocenters. The van der Waals surface area contributed by atoms with Crippen molar-refractivity contribution in [2.24, 2.45) is 0 Å². The standard InChI is InChI=1S/C18H22N2O4S/c1-4-19-18(21)14(2)20(25(3,22)23)15-10-12-17(13-11-15)24-16-8-6-5-7-9-16/h5-14H,4H2,1-3H3,(H,19,21)/t14-/m0/s1. The van der Waals surface area contributed by atoms with E-state index < -0.39 is 16.1 Å². The van der Waals surface area contributed by atoms with E-state index >= 15 is 0 Å². The van der Waals surface area contributed by atoms with Crippen LogP contribution in [0.1, 0.15) is 13.8 Å². The van der Waals surface area contributed by atoms with Gasteiger partial charge in [-0.15, -0.1) is 0 Å². The van der Waals surface area contributed by atoms with E-state index in [-0.39, 0.29) is 5.91 Å². The van der Waals surface area contributed by atoms with Crippen molar-refractivity contribution in [3.63, 3.8) is 0 Å². The molecule has 0 saturated carbocycles. The van der Waals surface area contributed by atoms with Crippen molar-refractivity contribution in [2.45, 2.75) is 19.9 Å². The van der Waals surface area contributed by atoms with E-state index in [1.165, 1.54) is 0 Å². The smallest absolute Gasteiger partial charge is 0.243 e. The van der Waals surface area contributed by atoms with Crippen LogP contribution >= 0.6 is 0 Å². The maximum absolute atomic E-state index is 12.2. The molecule has 2 aromatic rings. The number of hydrogen-bond acceptors (Lipinski definition) is 4. The number of benzene rings is 2. The van der Waals surface area contributed by atoms with Gasteiger partial charge in [0.05, 0.1) is 11.9 Å². The molecule has 0 aromatic heterocycles. The van der Waals surface area contributed by atoms with E-state index in [2.05, 4.69) is 5.32 Å². The molecule has 2 rings (SSSR count). The third-order valence-electron chi connectivity index (χ3n) is 3.51. The van der Waals surface area contributed by atoms with E-state index in [1.54, 1.807) is 38.1 Å². The lowest BCUT2D eigenvalue weighted by atomic mass is 10.2. The van der Waals surface area contributed by atoms with E-state index in [0.717, 1.165) is 10.6 Å². The lowest BCUT2D eigenvalue weighted by Crippen LogP contribution is -2.47. The fourth-order valence-corrected chi connectivity index (χ4v) is 3.59. The third kappa shape index (κ3) is 4.96. The molecular weight excluding hydrogens is 340 g/mol. The molecule has 25 heavy (non-hydrogen) atoms. The van der Waals surface area contributed by atoms with Gasteiger partial charge >= 0.3 is 0 Å². The first-order valence-corrected chi connectivity index (χ1v) is 9.78. The number of sulfonamides is 1. The van der Waals surface area contributed by atoms with Gasteiger partial charge < -0.3 is 10.1 Å². The quantitative estimate of drug-likeness (QED) is 0.822. The van der Waals surface area contributed by atoms with Crippen molar-refractivity contribution in [1.29, 1.82) is 0 Å². The zero-order valence-corrected chi connectivity index (χ0v) is 15.3. The number of carbonyl (C=O) groups excluding carboxylic acids is 1. The summed E-state index contributed by atoms with van der Waals surface area (Å²) < 4.78 is 31.1. The van der Waals surface area contributed by atoms with Gasteiger partial charge in [0.25, 0.3) is 0 Å². The number of nitrogens with zero attached hydrogens (tertiary/aromatic N) is 1. The van der Waals surface area contributed by atoms with Crippen molar-refractivity contribution < 1.29 is 17.9 Å². The fourth-order valence-electron chi connectivity index (χ4n) is 2.42. The Morgan fingerprint density at radius 1 is 1.08 bits per heavy atom. The van der Waals surface area contributed by atoms with Crippen LogP contribution in [0.4, 0.5) is 5.69 Å². The molecule has 0 aliphatic rings. The Morgan fingerprint density at radius 3 is 2.16 bits per heavy atom. The summed E-state index contributed by atoms with van der Waals surface area (Å²) in [5, 5.41) is 2.64. The van der Waals surface area contributed by atoms with Gasteiger partial charge in [-0.3, -0.25) is 9.10 Å². The van der Waals surface area contributed by atoms with E-state index in [9.17, 15) is 13.2 Å². The molecule has 7 heteroatoms. The lowest BCUT2D eigenvalue weighted by Gasteiger charge is -2.28. The van der Waals surface area contributed by atoms with E-state index in [4.69, 9.17) is 4.74 Å². The summed E-state index contributed by atoms with van der Waals surface area (Å²) in [6, 6.07) is 15.0. The van der Waals surface area contributed by atoms with Crippen LogP contribution < -0.4 is 14.4 Å². The second-order valence-corrected chi connectivity index (χ2v) is 7.40. The number of anilines is 1.